The van der Waals surface area contributed by atoms with Gasteiger partial charge in [0.1, 0.15) is 6.33 Å². The molecule has 1 aliphatic carbocycles. The van der Waals surface area contributed by atoms with Crippen molar-refractivity contribution < 1.29 is 9.90 Å². The molecule has 1 aromatic rings. The molecule has 1 heterocycles. The van der Waals surface area contributed by atoms with Crippen LogP contribution in [0.3, 0.4) is 0 Å². The Labute approximate surface area is 80.7 Å². The van der Waals surface area contributed by atoms with E-state index in [0.717, 1.165) is 12.8 Å². The summed E-state index contributed by atoms with van der Waals surface area (Å²) in [6, 6.07) is 0. The Kier molecular flexibility index (Phi) is 2.45. The van der Waals surface area contributed by atoms with E-state index in [2.05, 4.69) is 20.5 Å². The van der Waals surface area contributed by atoms with Crippen LogP contribution in [0.1, 0.15) is 23.5 Å². The summed E-state index contributed by atoms with van der Waals surface area (Å²) in [6.45, 7) is 0.594. The molecule has 76 valence electrons. The first kappa shape index (κ1) is 9.14. The molecule has 0 aromatic carbocycles. The molecule has 1 fully saturated rings. The number of aliphatic hydroxyl groups is 1. The van der Waals surface area contributed by atoms with Gasteiger partial charge >= 0.3 is 0 Å². The molecule has 0 saturated heterocycles. The molecule has 0 unspecified atom stereocenters. The molecule has 0 radical (unpaired) electrons. The van der Waals surface area contributed by atoms with E-state index < -0.39 is 0 Å². The van der Waals surface area contributed by atoms with Gasteiger partial charge in [-0.1, -0.05) is 0 Å². The lowest BCUT2D eigenvalue weighted by atomic mass is 9.82. The Hall–Kier alpha value is -1.43. The molecule has 0 aliphatic heterocycles. The van der Waals surface area contributed by atoms with E-state index in [1.165, 1.54) is 6.33 Å². The van der Waals surface area contributed by atoms with Crippen molar-refractivity contribution in [2.75, 3.05) is 6.54 Å². The highest BCUT2D eigenvalue weighted by Gasteiger charge is 2.27. The van der Waals surface area contributed by atoms with Gasteiger partial charge in [-0.05, 0) is 18.8 Å². The number of H-pyrrole nitrogens is 1. The van der Waals surface area contributed by atoms with Crippen LogP contribution < -0.4 is 5.32 Å². The van der Waals surface area contributed by atoms with E-state index in [9.17, 15) is 4.79 Å². The first-order valence-electron chi connectivity index (χ1n) is 4.57. The van der Waals surface area contributed by atoms with Crippen molar-refractivity contribution in [2.24, 2.45) is 5.92 Å². The zero-order chi connectivity index (χ0) is 9.97. The first-order valence-corrected chi connectivity index (χ1v) is 4.57. The second-order valence-electron chi connectivity index (χ2n) is 3.54. The predicted molar refractivity (Wildman–Crippen MR) is 47.4 cm³/mol. The van der Waals surface area contributed by atoms with Crippen molar-refractivity contribution in [3.8, 4) is 0 Å². The lowest BCUT2D eigenvalue weighted by Crippen LogP contribution is -2.38. The van der Waals surface area contributed by atoms with Crippen molar-refractivity contribution >= 4 is 5.91 Å². The summed E-state index contributed by atoms with van der Waals surface area (Å²) in [4.78, 5) is 15.0. The van der Waals surface area contributed by atoms with Crippen molar-refractivity contribution in [3.63, 3.8) is 0 Å². The monoisotopic (exact) mass is 196 g/mol. The average Bonchev–Trinajstić information content (AvgIpc) is 2.62. The topological polar surface area (TPSA) is 90.9 Å². The predicted octanol–water partition coefficient (Wildman–Crippen LogP) is -0.695. The van der Waals surface area contributed by atoms with Crippen LogP contribution in [-0.2, 0) is 0 Å². The second-order valence-corrected chi connectivity index (χ2v) is 3.54. The number of carbonyl (C=O) groups excluding carboxylic acids is 1. The number of carbonyl (C=O) groups is 1. The van der Waals surface area contributed by atoms with Crippen molar-refractivity contribution in [1.29, 1.82) is 0 Å². The molecule has 14 heavy (non-hydrogen) atoms. The largest absolute Gasteiger partial charge is 0.393 e. The maximum absolute atomic E-state index is 11.3. The maximum Gasteiger partial charge on any atom is 0.288 e. The Bertz CT molecular complexity index is 305. The first-order chi connectivity index (χ1) is 6.75. The Morgan fingerprint density at radius 1 is 1.71 bits per heavy atom. The fourth-order valence-electron chi connectivity index (χ4n) is 1.50. The van der Waals surface area contributed by atoms with Gasteiger partial charge in [0, 0.05) is 6.54 Å². The molecule has 6 heteroatoms. The molecular formula is C8H12N4O2. The number of nitrogens with one attached hydrogen (secondary N) is 2. The zero-order valence-electron chi connectivity index (χ0n) is 7.60. The van der Waals surface area contributed by atoms with Gasteiger partial charge < -0.3 is 10.4 Å². The van der Waals surface area contributed by atoms with E-state index in [1.807, 2.05) is 0 Å². The van der Waals surface area contributed by atoms with E-state index in [1.54, 1.807) is 0 Å². The van der Waals surface area contributed by atoms with Gasteiger partial charge in [-0.3, -0.25) is 9.89 Å². The maximum atomic E-state index is 11.3. The van der Waals surface area contributed by atoms with Crippen LogP contribution in [0, 0.1) is 5.92 Å². The summed E-state index contributed by atoms with van der Waals surface area (Å²) in [6.07, 6.45) is 2.66. The molecular weight excluding hydrogens is 184 g/mol. The van der Waals surface area contributed by atoms with Crippen LogP contribution in [0.5, 0.6) is 0 Å². The van der Waals surface area contributed by atoms with E-state index in [0.29, 0.717) is 12.5 Å². The Balaban J connectivity index is 1.74. The quantitative estimate of drug-likeness (QED) is 0.596. The molecule has 1 aromatic heterocycles. The molecule has 3 N–H and O–H groups in total. The summed E-state index contributed by atoms with van der Waals surface area (Å²) < 4.78 is 0. The molecule has 2 rings (SSSR count). The summed E-state index contributed by atoms with van der Waals surface area (Å²) >= 11 is 0. The fourth-order valence-corrected chi connectivity index (χ4v) is 1.50. The molecule has 6 nitrogen and oxygen atoms in total. The summed E-state index contributed by atoms with van der Waals surface area (Å²) in [5.74, 6) is 0.380. The van der Waals surface area contributed by atoms with Gasteiger partial charge in [0.05, 0.1) is 6.10 Å². The molecule has 1 amide bonds. The number of hydrogen-bond acceptors (Lipinski definition) is 4. The lowest BCUT2D eigenvalue weighted by molar-refractivity contribution is 0.0419. The normalized spacial score (nSPS) is 25.5. The van der Waals surface area contributed by atoms with Crippen molar-refractivity contribution in [1.82, 2.24) is 20.5 Å². The smallest absolute Gasteiger partial charge is 0.288 e. The number of aliphatic hydroxyl groups excluding tert-OH is 1. The zero-order valence-corrected chi connectivity index (χ0v) is 7.60. The van der Waals surface area contributed by atoms with Crippen molar-refractivity contribution in [3.05, 3.63) is 12.2 Å². The Morgan fingerprint density at radius 3 is 3.07 bits per heavy atom. The number of amides is 1. The van der Waals surface area contributed by atoms with Crippen LogP contribution in [0.4, 0.5) is 0 Å². The van der Waals surface area contributed by atoms with Gasteiger partial charge in [-0.15, -0.1) is 0 Å². The van der Waals surface area contributed by atoms with Gasteiger partial charge in [-0.2, -0.15) is 5.10 Å². The van der Waals surface area contributed by atoms with E-state index >= 15 is 0 Å². The van der Waals surface area contributed by atoms with Crippen LogP contribution in [0.25, 0.3) is 0 Å². The fraction of sp³-hybridized carbons (Fsp3) is 0.625. The molecule has 0 spiro atoms. The number of aromatic amines is 1. The third kappa shape index (κ3) is 1.90. The second kappa shape index (κ2) is 3.75. The summed E-state index contributed by atoms with van der Waals surface area (Å²) in [5.41, 5.74) is 0. The van der Waals surface area contributed by atoms with Gasteiger partial charge in [0.25, 0.3) is 5.91 Å². The highest BCUT2D eigenvalue weighted by molar-refractivity contribution is 5.90. The van der Waals surface area contributed by atoms with E-state index in [4.69, 9.17) is 5.11 Å². The minimum atomic E-state index is -0.246. The van der Waals surface area contributed by atoms with Crippen LogP contribution in [0.15, 0.2) is 6.33 Å². The third-order valence-corrected chi connectivity index (χ3v) is 2.39. The molecule has 1 aliphatic rings. The number of aromatic nitrogens is 3. The SMILES string of the molecule is O=C(NCC1CC(O)C1)c1ncn[nH]1. The number of nitrogens with zero attached hydrogens (tertiary/aromatic N) is 2. The minimum absolute atomic E-state index is 0.179. The van der Waals surface area contributed by atoms with Gasteiger partial charge in [0.15, 0.2) is 0 Å². The minimum Gasteiger partial charge on any atom is -0.393 e. The van der Waals surface area contributed by atoms with E-state index in [-0.39, 0.29) is 17.8 Å². The highest BCUT2D eigenvalue weighted by Crippen LogP contribution is 2.25. The summed E-state index contributed by atoms with van der Waals surface area (Å²) in [5, 5.41) is 17.8. The number of rotatable bonds is 3. The lowest BCUT2D eigenvalue weighted by Gasteiger charge is -2.31. The van der Waals surface area contributed by atoms with Crippen LogP contribution in [0.2, 0.25) is 0 Å². The van der Waals surface area contributed by atoms with Gasteiger partial charge in [0.2, 0.25) is 5.82 Å². The standard InChI is InChI=1S/C8H12N4O2/c13-6-1-5(2-6)3-9-8(14)7-10-4-11-12-7/h4-6,13H,1-3H2,(H,9,14)(H,10,11,12). The average molecular weight is 196 g/mol. The van der Waals surface area contributed by atoms with Crippen molar-refractivity contribution in [2.45, 2.75) is 18.9 Å². The molecule has 0 atom stereocenters. The van der Waals surface area contributed by atoms with Crippen LogP contribution >= 0.6 is 0 Å². The molecule has 0 bridgehead atoms. The molecule has 1 saturated carbocycles. The highest BCUT2D eigenvalue weighted by atomic mass is 16.3. The van der Waals surface area contributed by atoms with Crippen LogP contribution in [-0.4, -0.2) is 38.8 Å². The summed E-state index contributed by atoms with van der Waals surface area (Å²) in [7, 11) is 0. The van der Waals surface area contributed by atoms with Gasteiger partial charge in [-0.25, -0.2) is 4.98 Å². The Morgan fingerprint density at radius 2 is 2.50 bits per heavy atom. The number of hydrogen-bond donors (Lipinski definition) is 3. The third-order valence-electron chi connectivity index (χ3n) is 2.39.